The molecule has 0 aromatic carbocycles. The number of rotatable bonds is 5. The molecule has 0 fully saturated rings. The van der Waals surface area contributed by atoms with Gasteiger partial charge in [0.05, 0.1) is 6.61 Å². The van der Waals surface area contributed by atoms with Crippen LogP contribution in [0.1, 0.15) is 39.5 Å². The van der Waals surface area contributed by atoms with E-state index in [-0.39, 0.29) is 12.6 Å². The van der Waals surface area contributed by atoms with Gasteiger partial charge in [-0.1, -0.05) is 26.0 Å². The minimum atomic E-state index is 0.253. The first kappa shape index (κ1) is 11.7. The lowest BCUT2D eigenvalue weighted by atomic mass is 9.99. The molecule has 2 heteroatoms. The molecule has 0 saturated heterocycles. The number of aliphatic hydroxyl groups is 1. The van der Waals surface area contributed by atoms with Crippen LogP contribution in [0.3, 0.4) is 0 Å². The van der Waals surface area contributed by atoms with E-state index in [9.17, 15) is 5.11 Å². The van der Waals surface area contributed by atoms with Crippen LogP contribution in [0.4, 0.5) is 0 Å². The lowest BCUT2D eigenvalue weighted by Crippen LogP contribution is -2.41. The third-order valence-electron chi connectivity index (χ3n) is 2.68. The van der Waals surface area contributed by atoms with Gasteiger partial charge in [0.25, 0.3) is 0 Å². The molecule has 0 bridgehead atoms. The molecule has 1 rings (SSSR count). The Morgan fingerprint density at radius 1 is 1.50 bits per heavy atom. The Morgan fingerprint density at radius 3 is 2.79 bits per heavy atom. The van der Waals surface area contributed by atoms with E-state index >= 15 is 0 Å². The van der Waals surface area contributed by atoms with Crippen LogP contribution in [-0.4, -0.2) is 23.8 Å². The van der Waals surface area contributed by atoms with Gasteiger partial charge in [0.1, 0.15) is 0 Å². The fraction of sp³-hybridized carbons (Fsp3) is 0.833. The fourth-order valence-corrected chi connectivity index (χ4v) is 2.02. The van der Waals surface area contributed by atoms with Crippen LogP contribution >= 0.6 is 0 Å². The zero-order valence-corrected chi connectivity index (χ0v) is 9.37. The quantitative estimate of drug-likeness (QED) is 0.661. The largest absolute Gasteiger partial charge is 0.395 e. The summed E-state index contributed by atoms with van der Waals surface area (Å²) in [4.78, 5) is 0. The van der Waals surface area contributed by atoms with Gasteiger partial charge in [-0.3, -0.25) is 0 Å². The highest BCUT2D eigenvalue weighted by Crippen LogP contribution is 2.12. The Morgan fingerprint density at radius 2 is 2.29 bits per heavy atom. The maximum Gasteiger partial charge on any atom is 0.0584 e. The predicted molar refractivity (Wildman–Crippen MR) is 60.2 cm³/mol. The first-order chi connectivity index (χ1) is 6.72. The Labute approximate surface area is 87.4 Å². The van der Waals surface area contributed by atoms with Gasteiger partial charge in [-0.05, 0) is 31.6 Å². The molecule has 0 radical (unpaired) electrons. The van der Waals surface area contributed by atoms with Crippen molar-refractivity contribution in [2.24, 2.45) is 5.92 Å². The van der Waals surface area contributed by atoms with Crippen molar-refractivity contribution in [3.8, 4) is 0 Å². The van der Waals surface area contributed by atoms with Gasteiger partial charge in [0.2, 0.25) is 0 Å². The highest BCUT2D eigenvalue weighted by atomic mass is 16.3. The van der Waals surface area contributed by atoms with Crippen LogP contribution in [0.5, 0.6) is 0 Å². The normalized spacial score (nSPS) is 24.1. The number of nitrogens with one attached hydrogen (secondary N) is 1. The average molecular weight is 197 g/mol. The van der Waals surface area contributed by atoms with E-state index in [1.807, 2.05) is 0 Å². The molecular formula is C12H23NO. The molecule has 1 aliphatic rings. The highest BCUT2D eigenvalue weighted by molar-refractivity contribution is 4.98. The maximum absolute atomic E-state index is 9.22. The zero-order chi connectivity index (χ0) is 10.4. The summed E-state index contributed by atoms with van der Waals surface area (Å²) in [6.07, 6.45) is 9.24. The predicted octanol–water partition coefficient (Wildman–Crippen LogP) is 2.09. The van der Waals surface area contributed by atoms with Crippen molar-refractivity contribution in [2.75, 3.05) is 6.61 Å². The topological polar surface area (TPSA) is 32.3 Å². The van der Waals surface area contributed by atoms with E-state index in [2.05, 4.69) is 31.3 Å². The molecule has 0 saturated carbocycles. The second-order valence-corrected chi connectivity index (χ2v) is 4.64. The summed E-state index contributed by atoms with van der Waals surface area (Å²) < 4.78 is 0. The number of hydrogen-bond donors (Lipinski definition) is 2. The Balaban J connectivity index is 2.31. The summed E-state index contributed by atoms with van der Waals surface area (Å²) in [5, 5.41) is 12.7. The standard InChI is InChI=1S/C12H23NO/c1-10(2)8-12(9-14)13-11-6-4-3-5-7-11/h4,6,10-14H,3,5,7-9H2,1-2H3. The second kappa shape index (κ2) is 6.20. The van der Waals surface area contributed by atoms with E-state index in [1.165, 1.54) is 19.3 Å². The van der Waals surface area contributed by atoms with Crippen molar-refractivity contribution < 1.29 is 5.11 Å². The van der Waals surface area contributed by atoms with Gasteiger partial charge in [-0.2, -0.15) is 0 Å². The van der Waals surface area contributed by atoms with E-state index in [4.69, 9.17) is 0 Å². The lowest BCUT2D eigenvalue weighted by molar-refractivity contribution is 0.216. The summed E-state index contributed by atoms with van der Waals surface area (Å²) in [6, 6.07) is 0.752. The lowest BCUT2D eigenvalue weighted by Gasteiger charge is -2.25. The molecule has 0 aromatic heterocycles. The SMILES string of the molecule is CC(C)CC(CO)NC1C=CCCC1. The van der Waals surface area contributed by atoms with E-state index in [0.29, 0.717) is 12.0 Å². The number of hydrogen-bond acceptors (Lipinski definition) is 2. The highest BCUT2D eigenvalue weighted by Gasteiger charge is 2.14. The number of allylic oxidation sites excluding steroid dienone is 1. The van der Waals surface area contributed by atoms with Crippen LogP contribution in [-0.2, 0) is 0 Å². The summed E-state index contributed by atoms with van der Waals surface area (Å²) in [7, 11) is 0. The molecule has 0 aromatic rings. The van der Waals surface area contributed by atoms with Gasteiger partial charge in [0.15, 0.2) is 0 Å². The molecule has 2 atom stereocenters. The summed E-state index contributed by atoms with van der Waals surface area (Å²) in [5.74, 6) is 0.646. The average Bonchev–Trinajstić information content (AvgIpc) is 2.17. The molecule has 2 nitrogen and oxygen atoms in total. The van der Waals surface area contributed by atoms with Crippen molar-refractivity contribution in [1.29, 1.82) is 0 Å². The molecule has 0 heterocycles. The van der Waals surface area contributed by atoms with Crippen molar-refractivity contribution in [1.82, 2.24) is 5.32 Å². The molecule has 14 heavy (non-hydrogen) atoms. The molecule has 0 amide bonds. The molecule has 0 spiro atoms. The molecule has 2 N–H and O–H groups in total. The summed E-state index contributed by atoms with van der Waals surface area (Å²) in [6.45, 7) is 4.64. The maximum atomic E-state index is 9.22. The van der Waals surface area contributed by atoms with Crippen LogP contribution in [0, 0.1) is 5.92 Å². The van der Waals surface area contributed by atoms with Crippen LogP contribution in [0.25, 0.3) is 0 Å². The van der Waals surface area contributed by atoms with Gasteiger partial charge in [0, 0.05) is 12.1 Å². The first-order valence-corrected chi connectivity index (χ1v) is 5.76. The van der Waals surface area contributed by atoms with E-state index in [0.717, 1.165) is 6.42 Å². The monoisotopic (exact) mass is 197 g/mol. The zero-order valence-electron chi connectivity index (χ0n) is 9.37. The van der Waals surface area contributed by atoms with Gasteiger partial charge >= 0.3 is 0 Å². The van der Waals surface area contributed by atoms with Crippen molar-refractivity contribution in [3.63, 3.8) is 0 Å². The molecule has 1 aliphatic carbocycles. The minimum absolute atomic E-state index is 0.253. The second-order valence-electron chi connectivity index (χ2n) is 4.64. The van der Waals surface area contributed by atoms with Gasteiger partial charge in [-0.25, -0.2) is 0 Å². The van der Waals surface area contributed by atoms with E-state index < -0.39 is 0 Å². The van der Waals surface area contributed by atoms with Crippen molar-refractivity contribution in [2.45, 2.75) is 51.6 Å². The summed E-state index contributed by atoms with van der Waals surface area (Å²) in [5.41, 5.74) is 0. The fourth-order valence-electron chi connectivity index (χ4n) is 2.02. The minimum Gasteiger partial charge on any atom is -0.395 e. The third kappa shape index (κ3) is 4.25. The van der Waals surface area contributed by atoms with Crippen LogP contribution < -0.4 is 5.32 Å². The van der Waals surface area contributed by atoms with Gasteiger partial charge < -0.3 is 10.4 Å². The molecular weight excluding hydrogens is 174 g/mol. The first-order valence-electron chi connectivity index (χ1n) is 5.76. The number of aliphatic hydroxyl groups excluding tert-OH is 1. The Hall–Kier alpha value is -0.340. The summed E-state index contributed by atoms with van der Waals surface area (Å²) >= 11 is 0. The third-order valence-corrected chi connectivity index (χ3v) is 2.68. The molecule has 82 valence electrons. The van der Waals surface area contributed by atoms with Gasteiger partial charge in [-0.15, -0.1) is 0 Å². The van der Waals surface area contributed by atoms with Crippen molar-refractivity contribution >= 4 is 0 Å². The Kier molecular flexibility index (Phi) is 5.20. The van der Waals surface area contributed by atoms with Crippen LogP contribution in [0.15, 0.2) is 12.2 Å². The molecule has 2 unspecified atom stereocenters. The smallest absolute Gasteiger partial charge is 0.0584 e. The van der Waals surface area contributed by atoms with E-state index in [1.54, 1.807) is 0 Å². The Bertz CT molecular complexity index is 177. The van der Waals surface area contributed by atoms with Crippen LogP contribution in [0.2, 0.25) is 0 Å². The molecule has 0 aliphatic heterocycles. The van der Waals surface area contributed by atoms with Crippen molar-refractivity contribution in [3.05, 3.63) is 12.2 Å².